The lowest BCUT2D eigenvalue weighted by atomic mass is 9.79. The Morgan fingerprint density at radius 2 is 1.20 bits per heavy atom. The summed E-state index contributed by atoms with van der Waals surface area (Å²) in [5.41, 5.74) is 13.5. The Kier molecular flexibility index (Phi) is 6.33. The van der Waals surface area contributed by atoms with Gasteiger partial charge in [-0.2, -0.15) is 0 Å². The van der Waals surface area contributed by atoms with Gasteiger partial charge in [0.05, 0.1) is 16.6 Å². The van der Waals surface area contributed by atoms with E-state index in [-0.39, 0.29) is 5.41 Å². The predicted octanol–water partition coefficient (Wildman–Crippen LogP) is 12.5. The Bertz CT molecular complexity index is 3320. The van der Waals surface area contributed by atoms with Gasteiger partial charge in [-0.15, -0.1) is 0 Å². The van der Waals surface area contributed by atoms with Crippen molar-refractivity contribution in [3.05, 3.63) is 175 Å². The second-order valence-electron chi connectivity index (χ2n) is 15.4. The van der Waals surface area contributed by atoms with Crippen molar-refractivity contribution in [2.75, 3.05) is 0 Å². The maximum Gasteiger partial charge on any atom is 0.182 e. The van der Waals surface area contributed by atoms with Gasteiger partial charge in [-0.3, -0.25) is 4.98 Å². The minimum Gasteiger partial charge on any atom is -0.308 e. The first kappa shape index (κ1) is 31.1. The first-order valence-corrected chi connectivity index (χ1v) is 19.2. The fourth-order valence-electron chi connectivity index (χ4n) is 9.61. The molecule has 0 amide bonds. The third-order valence-electron chi connectivity index (χ3n) is 12.0. The van der Waals surface area contributed by atoms with E-state index in [2.05, 4.69) is 132 Å². The van der Waals surface area contributed by atoms with Crippen LogP contribution in [-0.4, -0.2) is 24.3 Å². The summed E-state index contributed by atoms with van der Waals surface area (Å²) in [5, 5.41) is 7.67. The zero-order chi connectivity index (χ0) is 37.1. The first-order chi connectivity index (χ1) is 27.5. The number of aromatic nitrogens is 5. The first-order valence-electron chi connectivity index (χ1n) is 19.2. The molecule has 1 aliphatic carbocycles. The molecule has 5 nitrogen and oxygen atoms in total. The number of rotatable bonds is 4. The molecule has 5 heteroatoms. The Labute approximate surface area is 323 Å². The molecular weight excluding hydrogens is 683 g/mol. The van der Waals surface area contributed by atoms with E-state index in [1.165, 1.54) is 82.2 Å². The average Bonchev–Trinajstić information content (AvgIpc) is 3.71. The van der Waals surface area contributed by atoms with Crippen LogP contribution in [0.1, 0.15) is 25.0 Å². The fourth-order valence-corrected chi connectivity index (χ4v) is 9.61. The highest BCUT2D eigenvalue weighted by molar-refractivity contribution is 6.29. The van der Waals surface area contributed by atoms with E-state index in [9.17, 15) is 0 Å². The van der Waals surface area contributed by atoms with E-state index in [0.717, 1.165) is 11.1 Å². The van der Waals surface area contributed by atoms with Gasteiger partial charge in [-0.1, -0.05) is 141 Å². The fraction of sp³-hybridized carbons (Fsp3) is 0.0588. The molecule has 11 aromatic rings. The summed E-state index contributed by atoms with van der Waals surface area (Å²) in [4.78, 5) is 19.8. The summed E-state index contributed by atoms with van der Waals surface area (Å²) in [6.07, 6.45) is 1.78. The smallest absolute Gasteiger partial charge is 0.182 e. The molecule has 0 spiro atoms. The topological polar surface area (TPSA) is 56.0 Å². The van der Waals surface area contributed by atoms with Crippen LogP contribution < -0.4 is 0 Å². The van der Waals surface area contributed by atoms with E-state index < -0.39 is 0 Å². The molecule has 0 radical (unpaired) electrons. The highest BCUT2D eigenvalue weighted by Crippen LogP contribution is 2.53. The second-order valence-corrected chi connectivity index (χ2v) is 15.4. The lowest BCUT2D eigenvalue weighted by molar-refractivity contribution is 0.661. The number of para-hydroxylation sites is 1. The van der Waals surface area contributed by atoms with E-state index in [1.54, 1.807) is 6.20 Å². The largest absolute Gasteiger partial charge is 0.308 e. The monoisotopic (exact) mass is 715 g/mol. The zero-order valence-corrected chi connectivity index (χ0v) is 30.8. The third-order valence-corrected chi connectivity index (χ3v) is 12.0. The summed E-state index contributed by atoms with van der Waals surface area (Å²) >= 11 is 0. The molecule has 0 saturated heterocycles. The molecule has 1 aliphatic rings. The van der Waals surface area contributed by atoms with Crippen LogP contribution in [0.4, 0.5) is 0 Å². The summed E-state index contributed by atoms with van der Waals surface area (Å²) in [6, 6.07) is 56.5. The third kappa shape index (κ3) is 4.25. The molecule has 0 saturated carbocycles. The van der Waals surface area contributed by atoms with Crippen molar-refractivity contribution in [2.45, 2.75) is 19.3 Å². The molecule has 262 valence electrons. The van der Waals surface area contributed by atoms with Crippen LogP contribution in [0.2, 0.25) is 0 Å². The van der Waals surface area contributed by atoms with Crippen molar-refractivity contribution in [1.29, 1.82) is 0 Å². The summed E-state index contributed by atoms with van der Waals surface area (Å²) in [7, 11) is 0. The van der Waals surface area contributed by atoms with E-state index in [1.807, 2.05) is 48.5 Å². The van der Waals surface area contributed by atoms with Gasteiger partial charge in [0.1, 0.15) is 5.69 Å². The van der Waals surface area contributed by atoms with Crippen LogP contribution in [0.3, 0.4) is 0 Å². The van der Waals surface area contributed by atoms with Gasteiger partial charge < -0.3 is 4.40 Å². The van der Waals surface area contributed by atoms with Gasteiger partial charge in [-0.05, 0) is 74.5 Å². The van der Waals surface area contributed by atoms with Crippen molar-refractivity contribution in [3.8, 4) is 56.5 Å². The maximum atomic E-state index is 5.14. The van der Waals surface area contributed by atoms with E-state index in [0.29, 0.717) is 23.2 Å². The SMILES string of the molecule is CC1(C)c2ccc(-c3ccc4c5ccccc5n5c6cccc7cccc(c3c45)c76)cc2-c2cccc(-c3nc(-c4ccccc4)nc(-c4ccccn4)n3)c21. The Morgan fingerprint density at radius 3 is 2.07 bits per heavy atom. The van der Waals surface area contributed by atoms with Gasteiger partial charge in [-0.25, -0.2) is 15.0 Å². The maximum absolute atomic E-state index is 5.14. The number of nitrogens with zero attached hydrogens (tertiary/aromatic N) is 5. The second kappa shape index (κ2) is 11.4. The van der Waals surface area contributed by atoms with Gasteiger partial charge in [0.25, 0.3) is 0 Å². The number of hydrogen-bond donors (Lipinski definition) is 0. The Balaban J connectivity index is 1.10. The van der Waals surface area contributed by atoms with Crippen LogP contribution in [0, 0.1) is 0 Å². The molecule has 0 aliphatic heterocycles. The van der Waals surface area contributed by atoms with E-state index >= 15 is 0 Å². The average molecular weight is 716 g/mol. The normalized spacial score (nSPS) is 13.3. The highest BCUT2D eigenvalue weighted by Gasteiger charge is 2.38. The number of fused-ring (bicyclic) bond motifs is 8. The molecule has 4 aromatic heterocycles. The van der Waals surface area contributed by atoms with Crippen molar-refractivity contribution in [2.24, 2.45) is 0 Å². The zero-order valence-electron chi connectivity index (χ0n) is 30.8. The molecule has 4 heterocycles. The van der Waals surface area contributed by atoms with Crippen molar-refractivity contribution < 1.29 is 0 Å². The highest BCUT2D eigenvalue weighted by atomic mass is 15.0. The summed E-state index contributed by atoms with van der Waals surface area (Å²) in [6.45, 7) is 4.65. The summed E-state index contributed by atoms with van der Waals surface area (Å²) in [5.74, 6) is 1.83. The van der Waals surface area contributed by atoms with Crippen molar-refractivity contribution >= 4 is 48.9 Å². The van der Waals surface area contributed by atoms with Crippen LogP contribution in [-0.2, 0) is 5.41 Å². The lowest BCUT2D eigenvalue weighted by Crippen LogP contribution is -2.17. The molecular formula is C51H33N5. The van der Waals surface area contributed by atoms with Crippen molar-refractivity contribution in [3.63, 3.8) is 0 Å². The molecule has 0 fully saturated rings. The Morgan fingerprint density at radius 1 is 0.464 bits per heavy atom. The van der Waals surface area contributed by atoms with Gasteiger partial charge in [0.2, 0.25) is 0 Å². The molecule has 7 aromatic carbocycles. The van der Waals surface area contributed by atoms with E-state index in [4.69, 9.17) is 15.0 Å². The minimum atomic E-state index is -0.306. The van der Waals surface area contributed by atoms with Gasteiger partial charge >= 0.3 is 0 Å². The number of hydrogen-bond acceptors (Lipinski definition) is 4. The van der Waals surface area contributed by atoms with Gasteiger partial charge in [0.15, 0.2) is 17.5 Å². The summed E-state index contributed by atoms with van der Waals surface area (Å²) < 4.78 is 2.49. The molecule has 12 rings (SSSR count). The molecule has 56 heavy (non-hydrogen) atoms. The number of benzene rings is 7. The molecule has 0 unspecified atom stereocenters. The minimum absolute atomic E-state index is 0.306. The molecule has 0 N–H and O–H groups in total. The van der Waals surface area contributed by atoms with Crippen LogP contribution in [0.15, 0.2) is 164 Å². The number of pyridine rings is 2. The lowest BCUT2D eigenvalue weighted by Gasteiger charge is -2.24. The standard InChI is InChI=1S/C51H33N5/c1-51(2)40-27-24-32(33-25-26-36-34-17-6-7-22-42(34)56-43-23-11-16-30-15-10-19-37(44(30)43)45(33)47(36)56)29-39(40)35-18-12-20-38(46(35)51)49-53-48(31-13-4-3-5-14-31)54-50(55-49)41-21-8-9-28-52-41/h3-29H,1-2H3. The molecule has 0 atom stereocenters. The quantitative estimate of drug-likeness (QED) is 0.134. The van der Waals surface area contributed by atoms with Crippen LogP contribution >= 0.6 is 0 Å². The van der Waals surface area contributed by atoms with Gasteiger partial charge in [0, 0.05) is 44.3 Å². The van der Waals surface area contributed by atoms with Crippen LogP contribution in [0.25, 0.3) is 105 Å². The van der Waals surface area contributed by atoms with Crippen LogP contribution in [0.5, 0.6) is 0 Å². The predicted molar refractivity (Wildman–Crippen MR) is 229 cm³/mol. The van der Waals surface area contributed by atoms with Crippen molar-refractivity contribution in [1.82, 2.24) is 24.3 Å². The molecule has 0 bridgehead atoms. The Hall–Kier alpha value is -7.24.